The van der Waals surface area contributed by atoms with Crippen molar-refractivity contribution in [1.82, 2.24) is 4.90 Å². The first-order valence-corrected chi connectivity index (χ1v) is 5.32. The lowest BCUT2D eigenvalue weighted by Gasteiger charge is -2.16. The van der Waals surface area contributed by atoms with Crippen molar-refractivity contribution in [2.24, 2.45) is 11.1 Å². The maximum Gasteiger partial charge on any atom is 0.407 e. The molecule has 1 N–H and O–H groups in total. The Morgan fingerprint density at radius 1 is 1.71 bits per heavy atom. The Hall–Kier alpha value is -0.780. The minimum absolute atomic E-state index is 0.0497. The van der Waals surface area contributed by atoms with Crippen LogP contribution >= 0.6 is 15.9 Å². The van der Waals surface area contributed by atoms with E-state index in [0.29, 0.717) is 13.1 Å². The first-order valence-electron chi connectivity index (χ1n) is 4.53. The number of amides is 1. The predicted molar refractivity (Wildman–Crippen MR) is 53.6 cm³/mol. The summed E-state index contributed by atoms with van der Waals surface area (Å²) in [5, 5.41) is 12.6. The summed E-state index contributed by atoms with van der Waals surface area (Å²) in [5.41, 5.74) is 0. The number of rotatable bonds is 1. The van der Waals surface area contributed by atoms with Gasteiger partial charge in [0.25, 0.3) is 0 Å². The topological polar surface area (TPSA) is 62.1 Å². The van der Waals surface area contributed by atoms with E-state index in [0.717, 1.165) is 17.5 Å². The Balaban J connectivity index is 1.87. The number of nitrogens with zero attached hydrogens (tertiary/aromatic N) is 2. The van der Waals surface area contributed by atoms with E-state index < -0.39 is 6.09 Å². The Morgan fingerprint density at radius 3 is 3.00 bits per heavy atom. The molecule has 0 spiro atoms. The van der Waals surface area contributed by atoms with Crippen LogP contribution in [0.5, 0.6) is 0 Å². The van der Waals surface area contributed by atoms with Crippen LogP contribution in [0.2, 0.25) is 0 Å². The lowest BCUT2D eigenvalue weighted by molar-refractivity contribution is 0.0432. The average Bonchev–Trinajstić information content (AvgIpc) is 2.70. The summed E-state index contributed by atoms with van der Waals surface area (Å²) in [6.07, 6.45) is 0.837. The van der Waals surface area contributed by atoms with Crippen LogP contribution in [0.4, 0.5) is 4.79 Å². The molecule has 2 aliphatic rings. The van der Waals surface area contributed by atoms with Crippen LogP contribution in [-0.2, 0) is 4.84 Å². The largest absolute Gasteiger partial charge is 0.465 e. The molecule has 6 heteroatoms. The highest BCUT2D eigenvalue weighted by atomic mass is 79.9. The fourth-order valence-electron chi connectivity index (χ4n) is 1.88. The average molecular weight is 263 g/mol. The van der Waals surface area contributed by atoms with E-state index in [9.17, 15) is 4.79 Å². The first-order chi connectivity index (χ1) is 6.66. The second kappa shape index (κ2) is 3.76. The quantitative estimate of drug-likeness (QED) is 0.779. The molecule has 0 aromatic carbocycles. The Labute approximate surface area is 89.8 Å². The molecule has 14 heavy (non-hydrogen) atoms. The van der Waals surface area contributed by atoms with Crippen molar-refractivity contribution in [1.29, 1.82) is 0 Å². The molecule has 1 unspecified atom stereocenters. The molecule has 1 amide bonds. The van der Waals surface area contributed by atoms with Crippen molar-refractivity contribution in [3.8, 4) is 0 Å². The molecule has 2 heterocycles. The van der Waals surface area contributed by atoms with Gasteiger partial charge in [-0.1, -0.05) is 5.16 Å². The van der Waals surface area contributed by atoms with Gasteiger partial charge in [-0.2, -0.15) is 0 Å². The fourth-order valence-corrected chi connectivity index (χ4v) is 2.29. The van der Waals surface area contributed by atoms with Crippen molar-refractivity contribution >= 4 is 26.6 Å². The summed E-state index contributed by atoms with van der Waals surface area (Å²) in [7, 11) is 0. The van der Waals surface area contributed by atoms with Crippen molar-refractivity contribution in [2.45, 2.75) is 18.9 Å². The van der Waals surface area contributed by atoms with E-state index in [1.54, 1.807) is 0 Å². The van der Waals surface area contributed by atoms with Gasteiger partial charge in [0.05, 0.1) is 0 Å². The fraction of sp³-hybridized carbons (Fsp3) is 0.750. The molecular weight excluding hydrogens is 252 g/mol. The van der Waals surface area contributed by atoms with Crippen LogP contribution in [0.3, 0.4) is 0 Å². The number of likely N-dealkylation sites (tertiary alicyclic amines) is 1. The molecule has 0 saturated carbocycles. The van der Waals surface area contributed by atoms with Crippen LogP contribution in [-0.4, -0.2) is 39.9 Å². The van der Waals surface area contributed by atoms with Crippen molar-refractivity contribution in [3.05, 3.63) is 0 Å². The zero-order valence-electron chi connectivity index (χ0n) is 7.52. The van der Waals surface area contributed by atoms with Gasteiger partial charge >= 0.3 is 6.09 Å². The summed E-state index contributed by atoms with van der Waals surface area (Å²) < 4.78 is 0.816. The second-order valence-electron chi connectivity index (χ2n) is 3.59. The van der Waals surface area contributed by atoms with Gasteiger partial charge in [-0.3, -0.25) is 0 Å². The van der Waals surface area contributed by atoms with Gasteiger partial charge in [0.1, 0.15) is 10.7 Å². The monoisotopic (exact) mass is 262 g/mol. The molecule has 1 fully saturated rings. The first kappa shape index (κ1) is 9.76. The minimum atomic E-state index is -0.842. The summed E-state index contributed by atoms with van der Waals surface area (Å²) in [5.74, 6) is 0.282. The maximum atomic E-state index is 10.7. The predicted octanol–water partition coefficient (Wildman–Crippen LogP) is 1.48. The van der Waals surface area contributed by atoms with Crippen molar-refractivity contribution in [3.63, 3.8) is 0 Å². The zero-order valence-corrected chi connectivity index (χ0v) is 9.11. The van der Waals surface area contributed by atoms with Crippen LogP contribution < -0.4 is 0 Å². The van der Waals surface area contributed by atoms with Gasteiger partial charge in [0, 0.05) is 25.4 Å². The third kappa shape index (κ3) is 1.84. The molecular formula is C8H11BrN2O3. The number of halogens is 1. The van der Waals surface area contributed by atoms with E-state index in [1.165, 1.54) is 4.90 Å². The van der Waals surface area contributed by atoms with Gasteiger partial charge in [-0.25, -0.2) is 4.79 Å². The van der Waals surface area contributed by atoms with Gasteiger partial charge in [-0.05, 0) is 22.4 Å². The Morgan fingerprint density at radius 2 is 2.50 bits per heavy atom. The van der Waals surface area contributed by atoms with E-state index in [1.807, 2.05) is 0 Å². The lowest BCUT2D eigenvalue weighted by Crippen LogP contribution is -2.29. The number of carbonyl (C=O) groups is 1. The molecule has 0 aliphatic carbocycles. The molecule has 0 radical (unpaired) electrons. The molecule has 0 aromatic rings. The van der Waals surface area contributed by atoms with E-state index in [-0.39, 0.29) is 12.0 Å². The normalized spacial score (nSPS) is 31.5. The molecule has 2 rings (SSSR count). The molecule has 1 saturated heterocycles. The van der Waals surface area contributed by atoms with Gasteiger partial charge in [0.2, 0.25) is 0 Å². The van der Waals surface area contributed by atoms with Crippen LogP contribution in [0.1, 0.15) is 12.8 Å². The molecule has 78 valence electrons. The third-order valence-electron chi connectivity index (χ3n) is 2.68. The summed E-state index contributed by atoms with van der Waals surface area (Å²) in [4.78, 5) is 17.3. The number of oxime groups is 1. The van der Waals surface area contributed by atoms with Gasteiger partial charge in [-0.15, -0.1) is 0 Å². The molecule has 2 aliphatic heterocycles. The second-order valence-corrected chi connectivity index (χ2v) is 4.51. The standard InChI is InChI=1S/C8H11BrN2O3/c9-7-3-6(14-10-7)5-1-2-11(4-5)8(12)13/h5-6H,1-4H2,(H,12,13)/t5-,6?/m0/s1. The smallest absolute Gasteiger partial charge is 0.407 e. The summed E-state index contributed by atoms with van der Waals surface area (Å²) in [6.45, 7) is 1.17. The highest BCUT2D eigenvalue weighted by molar-refractivity contribution is 9.18. The lowest BCUT2D eigenvalue weighted by atomic mass is 10.00. The molecule has 0 bridgehead atoms. The van der Waals surface area contributed by atoms with Crippen LogP contribution in [0.15, 0.2) is 5.16 Å². The summed E-state index contributed by atoms with van der Waals surface area (Å²) in [6, 6.07) is 0. The zero-order chi connectivity index (χ0) is 10.1. The van der Waals surface area contributed by atoms with E-state index >= 15 is 0 Å². The number of carboxylic acid groups (broad SMARTS) is 1. The SMILES string of the molecule is O=C(O)N1CC[C@H](C2CC(Br)=NO2)C1. The molecule has 0 aromatic heterocycles. The minimum Gasteiger partial charge on any atom is -0.465 e. The van der Waals surface area contributed by atoms with E-state index in [2.05, 4.69) is 21.1 Å². The van der Waals surface area contributed by atoms with Crippen molar-refractivity contribution in [2.75, 3.05) is 13.1 Å². The maximum absolute atomic E-state index is 10.7. The summed E-state index contributed by atoms with van der Waals surface area (Å²) >= 11 is 3.26. The van der Waals surface area contributed by atoms with Gasteiger partial charge < -0.3 is 14.8 Å². The number of hydrogen-bond donors (Lipinski definition) is 1. The Kier molecular flexibility index (Phi) is 2.62. The van der Waals surface area contributed by atoms with Crippen LogP contribution in [0.25, 0.3) is 0 Å². The molecule has 5 nitrogen and oxygen atoms in total. The molecule has 2 atom stereocenters. The highest BCUT2D eigenvalue weighted by Gasteiger charge is 2.35. The third-order valence-corrected chi connectivity index (χ3v) is 3.15. The van der Waals surface area contributed by atoms with E-state index in [4.69, 9.17) is 9.94 Å². The number of hydrogen-bond acceptors (Lipinski definition) is 3. The Bertz CT molecular complexity index is 282. The van der Waals surface area contributed by atoms with Gasteiger partial charge in [0.15, 0.2) is 0 Å². The highest BCUT2D eigenvalue weighted by Crippen LogP contribution is 2.28. The van der Waals surface area contributed by atoms with Crippen molar-refractivity contribution < 1.29 is 14.7 Å². The van der Waals surface area contributed by atoms with Crippen LogP contribution in [0, 0.1) is 5.92 Å².